The lowest BCUT2D eigenvalue weighted by atomic mass is 10.2. The third-order valence-corrected chi connectivity index (χ3v) is 7.90. The molecule has 3 aliphatic heterocycles. The molecule has 0 unspecified atom stereocenters. The van der Waals surface area contributed by atoms with Crippen molar-refractivity contribution in [2.24, 2.45) is 5.11 Å². The van der Waals surface area contributed by atoms with Gasteiger partial charge in [0.15, 0.2) is 0 Å². The van der Waals surface area contributed by atoms with Crippen molar-refractivity contribution in [3.05, 3.63) is 53.2 Å². The second kappa shape index (κ2) is 10.5. The number of aromatic nitrogens is 2. The number of amides is 2. The summed E-state index contributed by atoms with van der Waals surface area (Å²) in [7, 11) is 1.58. The van der Waals surface area contributed by atoms with Crippen LogP contribution >= 0.6 is 11.8 Å². The Morgan fingerprint density at radius 1 is 1.21 bits per heavy atom. The van der Waals surface area contributed by atoms with Gasteiger partial charge in [-0.25, -0.2) is 14.8 Å². The van der Waals surface area contributed by atoms with E-state index in [2.05, 4.69) is 30.2 Å². The van der Waals surface area contributed by atoms with Gasteiger partial charge < -0.3 is 19.5 Å². The zero-order chi connectivity index (χ0) is 26.9. The number of likely N-dealkylation sites (tertiary alicyclic amines) is 1. The number of carbonyl (C=O) groups excluding carboxylic acids is 2. The molecule has 3 atom stereocenters. The van der Waals surface area contributed by atoms with Crippen LogP contribution in [-0.2, 0) is 9.53 Å². The Balaban J connectivity index is 1.14. The Bertz CT molecular complexity index is 1500. The summed E-state index contributed by atoms with van der Waals surface area (Å²) < 4.78 is 17.2. The predicted molar refractivity (Wildman–Crippen MR) is 143 cm³/mol. The molecule has 200 valence electrons. The van der Waals surface area contributed by atoms with Gasteiger partial charge in [0.1, 0.15) is 24.3 Å². The molecule has 13 nitrogen and oxygen atoms in total. The van der Waals surface area contributed by atoms with E-state index >= 15 is 0 Å². The van der Waals surface area contributed by atoms with Crippen LogP contribution in [0, 0.1) is 0 Å². The number of nitrogens with one attached hydrogen (secondary N) is 1. The largest absolute Gasteiger partial charge is 0.497 e. The molecule has 39 heavy (non-hydrogen) atoms. The number of thioether (sulfide) groups is 1. The number of fused-ring (bicyclic) bond motifs is 2. The third kappa shape index (κ3) is 5.09. The van der Waals surface area contributed by atoms with Gasteiger partial charge in [-0.15, -0.1) is 11.8 Å². The van der Waals surface area contributed by atoms with Crippen LogP contribution in [0.25, 0.3) is 21.3 Å². The first-order valence-corrected chi connectivity index (χ1v) is 13.3. The number of hydrogen-bond acceptors (Lipinski definition) is 10. The van der Waals surface area contributed by atoms with Crippen molar-refractivity contribution in [2.75, 3.05) is 49.3 Å². The van der Waals surface area contributed by atoms with E-state index in [1.165, 1.54) is 18.1 Å². The fraction of sp³-hybridized carbons (Fsp3) is 0.360. The van der Waals surface area contributed by atoms with Gasteiger partial charge in [-0.2, -0.15) is 0 Å². The van der Waals surface area contributed by atoms with Crippen LogP contribution in [0.3, 0.4) is 0 Å². The topological polar surface area (TPSA) is 155 Å². The maximum Gasteiger partial charge on any atom is 0.414 e. The van der Waals surface area contributed by atoms with E-state index in [1.807, 2.05) is 24.3 Å². The summed E-state index contributed by atoms with van der Waals surface area (Å²) in [5.74, 6) is 1.33. The van der Waals surface area contributed by atoms with Crippen LogP contribution in [0.2, 0.25) is 0 Å². The molecular formula is C25H24N8O5S. The first-order valence-electron chi connectivity index (χ1n) is 12.3. The van der Waals surface area contributed by atoms with E-state index < -0.39 is 24.3 Å². The number of nitrogens with zero attached hydrogens (tertiary/aromatic N) is 7. The van der Waals surface area contributed by atoms with Crippen LogP contribution in [0.1, 0.15) is 0 Å². The smallest absolute Gasteiger partial charge is 0.414 e. The maximum absolute atomic E-state index is 12.7. The Labute approximate surface area is 227 Å². The van der Waals surface area contributed by atoms with Crippen molar-refractivity contribution in [3.8, 4) is 11.6 Å². The molecule has 6 rings (SSSR count). The molecule has 14 heteroatoms. The van der Waals surface area contributed by atoms with Gasteiger partial charge in [0.25, 0.3) is 0 Å². The van der Waals surface area contributed by atoms with Crippen molar-refractivity contribution in [2.45, 2.75) is 23.1 Å². The molecule has 0 bridgehead atoms. The van der Waals surface area contributed by atoms with Gasteiger partial charge in [-0.1, -0.05) is 5.11 Å². The van der Waals surface area contributed by atoms with E-state index in [1.54, 1.807) is 24.1 Å². The molecule has 4 heterocycles. The predicted octanol–water partition coefficient (Wildman–Crippen LogP) is 3.45. The highest BCUT2D eigenvalue weighted by atomic mass is 32.2. The molecule has 2 amide bonds. The molecule has 0 aliphatic carbocycles. The highest BCUT2D eigenvalue weighted by Gasteiger charge is 2.39. The van der Waals surface area contributed by atoms with E-state index in [0.717, 1.165) is 4.90 Å². The van der Waals surface area contributed by atoms with Gasteiger partial charge in [0.05, 0.1) is 42.0 Å². The average Bonchev–Trinajstić information content (AvgIpc) is 3.50. The minimum absolute atomic E-state index is 0.0685. The quantitative estimate of drug-likeness (QED) is 0.265. The molecule has 2 saturated heterocycles. The number of rotatable bonds is 7. The van der Waals surface area contributed by atoms with Gasteiger partial charge >= 0.3 is 6.09 Å². The fourth-order valence-corrected chi connectivity index (χ4v) is 5.79. The fourth-order valence-electron chi connectivity index (χ4n) is 5.01. The Kier molecular flexibility index (Phi) is 6.73. The number of anilines is 2. The Hall–Kier alpha value is -4.26. The van der Waals surface area contributed by atoms with E-state index in [-0.39, 0.29) is 5.91 Å². The summed E-state index contributed by atoms with van der Waals surface area (Å²) in [5, 5.41) is 7.50. The molecule has 0 radical (unpaired) electrons. The summed E-state index contributed by atoms with van der Waals surface area (Å²) in [6, 6.07) is 10.5. The number of benzene rings is 2. The normalized spacial score (nSPS) is 22.7. The minimum atomic E-state index is -0.458. The number of azide groups is 1. The molecule has 0 saturated carbocycles. The molecule has 3 aromatic rings. The molecule has 1 aromatic heterocycles. The third-order valence-electron chi connectivity index (χ3n) is 6.83. The van der Waals surface area contributed by atoms with Gasteiger partial charge in [0.2, 0.25) is 11.8 Å². The summed E-state index contributed by atoms with van der Waals surface area (Å²) in [4.78, 5) is 40.7. The van der Waals surface area contributed by atoms with Crippen LogP contribution in [0.5, 0.6) is 11.6 Å². The van der Waals surface area contributed by atoms with E-state index in [0.29, 0.717) is 65.8 Å². The minimum Gasteiger partial charge on any atom is -0.497 e. The van der Waals surface area contributed by atoms with Crippen LogP contribution < -0.4 is 19.7 Å². The summed E-state index contributed by atoms with van der Waals surface area (Å²) in [6.07, 6.45) is 0.124. The molecule has 0 spiro atoms. The van der Waals surface area contributed by atoms with Crippen molar-refractivity contribution >= 4 is 46.0 Å². The SMILES string of the molecule is COc1ccc2ncnc(O[C@@H]3CN(C[C@@H]4CN(c5ccc6c(c5)NC(=O)CS6)C(=O)O4)C[C@H]3N=[N+]=[N-])c2c1. The standard InChI is InChI=1S/C25H24N8O5S/c1-36-15-3-4-18-17(7-15)24(28-13-27-18)38-21-11-32(10-20(21)30-31-26)8-16-9-33(25(35)37-16)14-2-5-22-19(6-14)29-23(34)12-39-22/h2-7,13,16,20-21H,8-12H2,1H3,(H,29,34)/t16-,20-,21-/m1/s1. The number of methoxy groups -OCH3 is 1. The molecule has 3 aliphatic rings. The van der Waals surface area contributed by atoms with Crippen LogP contribution in [0.4, 0.5) is 16.2 Å². The van der Waals surface area contributed by atoms with E-state index in [9.17, 15) is 9.59 Å². The number of cyclic esters (lactones) is 1. The van der Waals surface area contributed by atoms with Gasteiger partial charge in [0, 0.05) is 35.1 Å². The monoisotopic (exact) mass is 548 g/mol. The second-order valence-electron chi connectivity index (χ2n) is 9.34. The highest BCUT2D eigenvalue weighted by molar-refractivity contribution is 8.00. The first kappa shape index (κ1) is 25.0. The molecular weight excluding hydrogens is 524 g/mol. The lowest BCUT2D eigenvalue weighted by Gasteiger charge is -2.21. The Morgan fingerprint density at radius 2 is 2.10 bits per heavy atom. The molecule has 2 aromatic carbocycles. The van der Waals surface area contributed by atoms with Crippen LogP contribution in [-0.4, -0.2) is 84.2 Å². The molecule has 1 N–H and O–H groups in total. The maximum atomic E-state index is 12.7. The average molecular weight is 549 g/mol. The number of carbonyl (C=O) groups is 2. The van der Waals surface area contributed by atoms with Crippen molar-refractivity contribution in [1.29, 1.82) is 0 Å². The lowest BCUT2D eigenvalue weighted by Crippen LogP contribution is -2.34. The zero-order valence-electron chi connectivity index (χ0n) is 20.9. The van der Waals surface area contributed by atoms with Crippen molar-refractivity contribution < 1.29 is 23.8 Å². The Morgan fingerprint density at radius 3 is 2.95 bits per heavy atom. The first-order chi connectivity index (χ1) is 19.0. The summed E-state index contributed by atoms with van der Waals surface area (Å²) >= 11 is 1.46. The van der Waals surface area contributed by atoms with Crippen molar-refractivity contribution in [1.82, 2.24) is 14.9 Å². The van der Waals surface area contributed by atoms with Crippen molar-refractivity contribution in [3.63, 3.8) is 0 Å². The number of hydrogen-bond donors (Lipinski definition) is 1. The lowest BCUT2D eigenvalue weighted by molar-refractivity contribution is -0.113. The summed E-state index contributed by atoms with van der Waals surface area (Å²) in [5.41, 5.74) is 11.2. The zero-order valence-corrected chi connectivity index (χ0v) is 21.7. The second-order valence-corrected chi connectivity index (χ2v) is 10.4. The molecule has 2 fully saturated rings. The van der Waals surface area contributed by atoms with Crippen LogP contribution in [0.15, 0.2) is 52.7 Å². The number of ether oxygens (including phenoxy) is 3. The van der Waals surface area contributed by atoms with E-state index in [4.69, 9.17) is 19.7 Å². The van der Waals surface area contributed by atoms with Gasteiger partial charge in [-0.05, 0) is 41.9 Å². The van der Waals surface area contributed by atoms with Gasteiger partial charge in [-0.3, -0.25) is 14.6 Å². The summed E-state index contributed by atoms with van der Waals surface area (Å²) in [6.45, 7) is 1.69. The highest BCUT2D eigenvalue weighted by Crippen LogP contribution is 2.36.